The van der Waals surface area contributed by atoms with Crippen molar-refractivity contribution >= 4 is 22.6 Å². The third-order valence-electron chi connectivity index (χ3n) is 3.62. The molecule has 2 aromatic rings. The smallest absolute Gasteiger partial charge is 0.322 e. The van der Waals surface area contributed by atoms with Gasteiger partial charge in [-0.15, -0.1) is 0 Å². The van der Waals surface area contributed by atoms with Crippen LogP contribution in [0.2, 0.25) is 0 Å². The highest BCUT2D eigenvalue weighted by molar-refractivity contribution is 5.92. The number of fused-ring (bicyclic) bond motifs is 1. The lowest BCUT2D eigenvalue weighted by molar-refractivity contribution is 0.216. The van der Waals surface area contributed by atoms with Crippen LogP contribution in [0.3, 0.4) is 0 Å². The van der Waals surface area contributed by atoms with E-state index in [0.29, 0.717) is 18.5 Å². The lowest BCUT2D eigenvalue weighted by Crippen LogP contribution is -2.38. The molecular formula is C16H17N3O2. The van der Waals surface area contributed by atoms with Crippen LogP contribution in [-0.2, 0) is 0 Å². The Labute approximate surface area is 122 Å². The fourth-order valence-corrected chi connectivity index (χ4v) is 2.45. The van der Waals surface area contributed by atoms with Gasteiger partial charge in [-0.05, 0) is 25.5 Å². The molecule has 2 N–H and O–H groups in total. The van der Waals surface area contributed by atoms with Crippen molar-refractivity contribution < 1.29 is 4.79 Å². The molecule has 0 spiro atoms. The zero-order chi connectivity index (χ0) is 14.8. The van der Waals surface area contributed by atoms with Crippen molar-refractivity contribution in [2.24, 2.45) is 0 Å². The number of nitrogens with one attached hydrogen (secondary N) is 2. The van der Waals surface area contributed by atoms with Crippen molar-refractivity contribution in [3.63, 3.8) is 0 Å². The van der Waals surface area contributed by atoms with Crippen LogP contribution in [0.5, 0.6) is 0 Å². The van der Waals surface area contributed by atoms with E-state index in [4.69, 9.17) is 0 Å². The third kappa shape index (κ3) is 2.67. The Hall–Kier alpha value is -2.56. The number of aryl methyl sites for hydroxylation is 1. The summed E-state index contributed by atoms with van der Waals surface area (Å²) >= 11 is 0. The number of H-pyrrole nitrogens is 1. The van der Waals surface area contributed by atoms with E-state index in [9.17, 15) is 9.59 Å². The maximum atomic E-state index is 12.4. The van der Waals surface area contributed by atoms with Crippen molar-refractivity contribution in [1.82, 2.24) is 9.88 Å². The van der Waals surface area contributed by atoms with E-state index in [-0.39, 0.29) is 17.1 Å². The van der Waals surface area contributed by atoms with Gasteiger partial charge in [0, 0.05) is 30.2 Å². The predicted octanol–water partition coefficient (Wildman–Crippen LogP) is 2.63. The number of anilines is 1. The molecule has 3 rings (SSSR count). The molecule has 1 aromatic carbocycles. The summed E-state index contributed by atoms with van der Waals surface area (Å²) in [4.78, 5) is 29.3. The average molecular weight is 283 g/mol. The summed E-state index contributed by atoms with van der Waals surface area (Å²) in [6.45, 7) is 3.19. The molecule has 21 heavy (non-hydrogen) atoms. The van der Waals surface area contributed by atoms with Gasteiger partial charge >= 0.3 is 6.03 Å². The Kier molecular flexibility index (Phi) is 3.48. The molecule has 0 saturated carbocycles. The van der Waals surface area contributed by atoms with E-state index >= 15 is 0 Å². The number of aromatic nitrogens is 1. The molecule has 0 aliphatic carbocycles. The van der Waals surface area contributed by atoms with Crippen LogP contribution in [0, 0.1) is 6.92 Å². The van der Waals surface area contributed by atoms with Crippen LogP contribution in [0.15, 0.2) is 41.3 Å². The van der Waals surface area contributed by atoms with Crippen molar-refractivity contribution in [3.8, 4) is 0 Å². The molecule has 0 bridgehead atoms. The van der Waals surface area contributed by atoms with E-state index in [1.54, 1.807) is 11.1 Å². The van der Waals surface area contributed by atoms with Crippen molar-refractivity contribution in [3.05, 3.63) is 52.3 Å². The summed E-state index contributed by atoms with van der Waals surface area (Å²) in [6.07, 6.45) is 6.41. The Morgan fingerprint density at radius 2 is 2.19 bits per heavy atom. The third-order valence-corrected chi connectivity index (χ3v) is 3.62. The minimum Gasteiger partial charge on any atom is -0.359 e. The van der Waals surface area contributed by atoms with Gasteiger partial charge in [0.15, 0.2) is 0 Å². The fraction of sp³-hybridized carbons (Fsp3) is 0.250. The first-order chi connectivity index (χ1) is 10.1. The summed E-state index contributed by atoms with van der Waals surface area (Å²) < 4.78 is 0. The Morgan fingerprint density at radius 3 is 2.95 bits per heavy atom. The topological polar surface area (TPSA) is 65.2 Å². The van der Waals surface area contributed by atoms with Crippen LogP contribution in [0.4, 0.5) is 10.5 Å². The van der Waals surface area contributed by atoms with Crippen molar-refractivity contribution in [2.45, 2.75) is 13.3 Å². The predicted molar refractivity (Wildman–Crippen MR) is 83.7 cm³/mol. The molecule has 1 aromatic heterocycles. The molecule has 5 nitrogen and oxygen atoms in total. The van der Waals surface area contributed by atoms with Gasteiger partial charge in [-0.1, -0.05) is 23.8 Å². The number of aromatic amines is 1. The van der Waals surface area contributed by atoms with E-state index in [2.05, 4.69) is 16.4 Å². The van der Waals surface area contributed by atoms with Gasteiger partial charge < -0.3 is 15.2 Å². The number of benzene rings is 1. The number of hydrogen-bond acceptors (Lipinski definition) is 2. The van der Waals surface area contributed by atoms with E-state index in [1.807, 2.05) is 31.2 Å². The van der Waals surface area contributed by atoms with Gasteiger partial charge in [0.25, 0.3) is 0 Å². The van der Waals surface area contributed by atoms with Gasteiger partial charge in [-0.25, -0.2) is 4.79 Å². The number of nitrogens with zero attached hydrogens (tertiary/aromatic N) is 1. The van der Waals surface area contributed by atoms with Crippen LogP contribution in [-0.4, -0.2) is 29.0 Å². The van der Waals surface area contributed by atoms with Crippen LogP contribution >= 0.6 is 0 Å². The largest absolute Gasteiger partial charge is 0.359 e. The molecule has 1 aliphatic heterocycles. The molecule has 0 atom stereocenters. The highest BCUT2D eigenvalue weighted by Crippen LogP contribution is 2.13. The molecule has 2 heterocycles. The molecule has 0 unspecified atom stereocenters. The molecule has 0 saturated heterocycles. The van der Waals surface area contributed by atoms with Crippen LogP contribution in [0.1, 0.15) is 12.0 Å². The number of pyridine rings is 1. The van der Waals surface area contributed by atoms with Crippen LogP contribution < -0.4 is 10.7 Å². The minimum atomic E-state index is -0.239. The summed E-state index contributed by atoms with van der Waals surface area (Å²) in [5, 5.41) is 3.29. The first-order valence-corrected chi connectivity index (χ1v) is 6.98. The number of hydrogen-bond donors (Lipinski definition) is 2. The molecule has 2 amide bonds. The number of amides is 2. The SMILES string of the molecule is Cc1ccc2[nH]cc(NC(=O)N3CC=CCC3)c(=O)c2c1. The number of urea groups is 1. The lowest BCUT2D eigenvalue weighted by Gasteiger charge is -2.23. The standard InChI is InChI=1S/C16H17N3O2/c1-11-5-6-13-12(9-11)15(20)14(10-17-13)18-16(21)19-7-3-2-4-8-19/h2-3,5-6,9-10H,4,7-8H2,1H3,(H,17,20)(H,18,21). The summed E-state index contributed by atoms with van der Waals surface area (Å²) in [7, 11) is 0. The summed E-state index contributed by atoms with van der Waals surface area (Å²) in [6, 6.07) is 5.40. The van der Waals surface area contributed by atoms with Gasteiger partial charge in [0.2, 0.25) is 5.43 Å². The summed E-state index contributed by atoms with van der Waals surface area (Å²) in [5.74, 6) is 0. The Bertz CT molecular complexity index is 777. The lowest BCUT2D eigenvalue weighted by atomic mass is 10.1. The van der Waals surface area contributed by atoms with Gasteiger partial charge in [-0.2, -0.15) is 0 Å². The van der Waals surface area contributed by atoms with Crippen LogP contribution in [0.25, 0.3) is 10.9 Å². The molecular weight excluding hydrogens is 266 g/mol. The molecule has 108 valence electrons. The Balaban J connectivity index is 1.90. The molecule has 1 aliphatic rings. The normalized spacial score (nSPS) is 14.4. The van der Waals surface area contributed by atoms with Gasteiger partial charge in [0.1, 0.15) is 5.69 Å². The number of carbonyl (C=O) groups is 1. The fourth-order valence-electron chi connectivity index (χ4n) is 2.45. The highest BCUT2D eigenvalue weighted by Gasteiger charge is 2.15. The van der Waals surface area contributed by atoms with E-state index < -0.39 is 0 Å². The van der Waals surface area contributed by atoms with Crippen molar-refractivity contribution in [2.75, 3.05) is 18.4 Å². The second-order valence-corrected chi connectivity index (χ2v) is 5.22. The zero-order valence-electron chi connectivity index (χ0n) is 11.8. The summed E-state index contributed by atoms with van der Waals surface area (Å²) in [5.41, 5.74) is 1.91. The first-order valence-electron chi connectivity index (χ1n) is 6.98. The van der Waals surface area contributed by atoms with Crippen molar-refractivity contribution in [1.29, 1.82) is 0 Å². The molecule has 5 heteroatoms. The van der Waals surface area contributed by atoms with E-state index in [1.165, 1.54) is 0 Å². The monoisotopic (exact) mass is 283 g/mol. The maximum absolute atomic E-state index is 12.4. The Morgan fingerprint density at radius 1 is 1.33 bits per heavy atom. The first kappa shape index (κ1) is 13.4. The number of carbonyl (C=O) groups excluding carboxylic acids is 1. The van der Waals surface area contributed by atoms with E-state index in [0.717, 1.165) is 17.5 Å². The average Bonchev–Trinajstić information content (AvgIpc) is 2.51. The maximum Gasteiger partial charge on any atom is 0.322 e. The minimum absolute atomic E-state index is 0.159. The van der Waals surface area contributed by atoms with Gasteiger partial charge in [-0.3, -0.25) is 4.79 Å². The highest BCUT2D eigenvalue weighted by atomic mass is 16.2. The zero-order valence-corrected chi connectivity index (χ0v) is 11.8. The molecule has 0 fully saturated rings. The number of rotatable bonds is 1. The molecule has 0 radical (unpaired) electrons. The second kappa shape index (κ2) is 5.44. The van der Waals surface area contributed by atoms with Gasteiger partial charge in [0.05, 0.1) is 0 Å². The second-order valence-electron chi connectivity index (χ2n) is 5.22. The quantitative estimate of drug-likeness (QED) is 0.790.